The van der Waals surface area contributed by atoms with Gasteiger partial charge >= 0.3 is 0 Å². The van der Waals surface area contributed by atoms with Crippen molar-refractivity contribution in [3.05, 3.63) is 23.8 Å². The summed E-state index contributed by atoms with van der Waals surface area (Å²) in [6.07, 6.45) is 0. The summed E-state index contributed by atoms with van der Waals surface area (Å²) in [4.78, 5) is 10.4. The second kappa shape index (κ2) is 5.30. The molecule has 96 valence electrons. The van der Waals surface area contributed by atoms with E-state index in [1.54, 1.807) is 11.8 Å². The van der Waals surface area contributed by atoms with Crippen LogP contribution in [0.25, 0.3) is 11.0 Å². The van der Waals surface area contributed by atoms with Crippen molar-refractivity contribution in [2.24, 2.45) is 0 Å². The van der Waals surface area contributed by atoms with Crippen molar-refractivity contribution in [3.63, 3.8) is 0 Å². The Labute approximate surface area is 111 Å². The Morgan fingerprint density at radius 1 is 1.33 bits per heavy atom. The number of imidazole rings is 1. The van der Waals surface area contributed by atoms with E-state index in [0.29, 0.717) is 0 Å². The van der Waals surface area contributed by atoms with Crippen LogP contribution in [0.15, 0.2) is 23.4 Å². The van der Waals surface area contributed by atoms with E-state index in [0.717, 1.165) is 48.2 Å². The predicted octanol–water partition coefficient (Wildman–Crippen LogP) is 1.83. The van der Waals surface area contributed by atoms with E-state index in [1.165, 1.54) is 5.56 Å². The molecule has 0 radical (unpaired) electrons. The molecule has 2 N–H and O–H groups in total. The van der Waals surface area contributed by atoms with Crippen molar-refractivity contribution in [1.29, 1.82) is 0 Å². The number of nitrogens with zero attached hydrogens (tertiary/aromatic N) is 2. The first kappa shape index (κ1) is 12.0. The van der Waals surface area contributed by atoms with Gasteiger partial charge in [-0.2, -0.15) is 0 Å². The third-order valence-corrected chi connectivity index (χ3v) is 4.17. The Kier molecular flexibility index (Phi) is 3.54. The largest absolute Gasteiger partial charge is 0.333 e. The molecule has 1 aromatic carbocycles. The fraction of sp³-hybridized carbons (Fsp3) is 0.462. The number of nitrogens with one attached hydrogen (secondary N) is 2. The highest BCUT2D eigenvalue weighted by atomic mass is 32.2. The molecule has 2 aromatic rings. The van der Waals surface area contributed by atoms with Gasteiger partial charge in [0.15, 0.2) is 5.16 Å². The normalized spacial score (nSPS) is 17.4. The Balaban J connectivity index is 1.67. The Bertz CT molecular complexity index is 531. The minimum absolute atomic E-state index is 1.01. The number of rotatable bonds is 3. The number of benzene rings is 1. The van der Waals surface area contributed by atoms with Crippen LogP contribution in [0.1, 0.15) is 5.56 Å². The third-order valence-electron chi connectivity index (χ3n) is 3.21. The fourth-order valence-corrected chi connectivity index (χ4v) is 3.07. The third kappa shape index (κ3) is 2.68. The van der Waals surface area contributed by atoms with Gasteiger partial charge in [-0.1, -0.05) is 17.8 Å². The lowest BCUT2D eigenvalue weighted by Crippen LogP contribution is -2.43. The minimum Gasteiger partial charge on any atom is -0.333 e. The number of piperazine rings is 1. The lowest BCUT2D eigenvalue weighted by atomic mass is 10.2. The van der Waals surface area contributed by atoms with Gasteiger partial charge in [0.05, 0.1) is 16.9 Å². The molecule has 18 heavy (non-hydrogen) atoms. The number of hydrogen-bond donors (Lipinski definition) is 2. The number of H-pyrrole nitrogens is 1. The topological polar surface area (TPSA) is 44.0 Å². The molecule has 0 aliphatic carbocycles. The van der Waals surface area contributed by atoms with Crippen LogP contribution < -0.4 is 5.32 Å². The van der Waals surface area contributed by atoms with E-state index in [9.17, 15) is 0 Å². The second-order valence-corrected chi connectivity index (χ2v) is 5.64. The van der Waals surface area contributed by atoms with E-state index < -0.39 is 0 Å². The Hall–Kier alpha value is -1.04. The molecule has 1 aromatic heterocycles. The standard InChI is InChI=1S/C13H18N4S/c1-10-2-3-11-12(8-10)16-13(15-11)18-9-17-6-4-14-5-7-17/h2-3,8,14H,4-7,9H2,1H3,(H,15,16). The highest BCUT2D eigenvalue weighted by molar-refractivity contribution is 7.99. The average Bonchev–Trinajstić information content (AvgIpc) is 2.79. The fourth-order valence-electron chi connectivity index (χ4n) is 2.16. The van der Waals surface area contributed by atoms with Crippen LogP contribution in [0.3, 0.4) is 0 Å². The monoisotopic (exact) mass is 262 g/mol. The number of fused-ring (bicyclic) bond motifs is 1. The number of thioether (sulfide) groups is 1. The van der Waals surface area contributed by atoms with E-state index in [-0.39, 0.29) is 0 Å². The molecule has 0 amide bonds. The molecule has 0 unspecified atom stereocenters. The quantitative estimate of drug-likeness (QED) is 0.828. The number of aryl methyl sites for hydroxylation is 1. The summed E-state index contributed by atoms with van der Waals surface area (Å²) < 4.78 is 0. The van der Waals surface area contributed by atoms with Crippen LogP contribution >= 0.6 is 11.8 Å². The molecule has 0 spiro atoms. The van der Waals surface area contributed by atoms with E-state index in [1.807, 2.05) is 0 Å². The summed E-state index contributed by atoms with van der Waals surface area (Å²) in [5.41, 5.74) is 3.46. The lowest BCUT2D eigenvalue weighted by molar-refractivity contribution is 0.280. The molecule has 0 bridgehead atoms. The first-order chi connectivity index (χ1) is 8.81. The van der Waals surface area contributed by atoms with Crippen LogP contribution in [0.5, 0.6) is 0 Å². The average molecular weight is 262 g/mol. The molecule has 5 heteroatoms. The van der Waals surface area contributed by atoms with Crippen molar-refractivity contribution in [2.45, 2.75) is 12.1 Å². The molecule has 1 aliphatic heterocycles. The molecule has 0 saturated carbocycles. The lowest BCUT2D eigenvalue weighted by Gasteiger charge is -2.26. The van der Waals surface area contributed by atoms with Crippen molar-refractivity contribution in [2.75, 3.05) is 32.1 Å². The summed E-state index contributed by atoms with van der Waals surface area (Å²) in [5, 5.41) is 4.39. The Morgan fingerprint density at radius 3 is 3.00 bits per heavy atom. The Morgan fingerprint density at radius 2 is 2.17 bits per heavy atom. The summed E-state index contributed by atoms with van der Waals surface area (Å²) in [5.74, 6) is 1.01. The van der Waals surface area contributed by atoms with E-state index in [2.05, 4.69) is 45.3 Å². The van der Waals surface area contributed by atoms with Gasteiger partial charge in [0.25, 0.3) is 0 Å². The number of hydrogen-bond acceptors (Lipinski definition) is 4. The molecule has 4 nitrogen and oxygen atoms in total. The van der Waals surface area contributed by atoms with Gasteiger partial charge in [0, 0.05) is 26.2 Å². The summed E-state index contributed by atoms with van der Waals surface area (Å²) >= 11 is 1.79. The molecule has 0 atom stereocenters. The van der Waals surface area contributed by atoms with Gasteiger partial charge < -0.3 is 10.3 Å². The van der Waals surface area contributed by atoms with E-state index >= 15 is 0 Å². The number of aromatic nitrogens is 2. The van der Waals surface area contributed by atoms with Gasteiger partial charge in [-0.15, -0.1) is 0 Å². The van der Waals surface area contributed by atoms with Crippen molar-refractivity contribution < 1.29 is 0 Å². The van der Waals surface area contributed by atoms with Gasteiger partial charge in [-0.3, -0.25) is 4.90 Å². The minimum atomic E-state index is 1.01. The molecule has 3 rings (SSSR count). The van der Waals surface area contributed by atoms with Crippen LogP contribution in [0.2, 0.25) is 0 Å². The molecule has 2 heterocycles. The van der Waals surface area contributed by atoms with Crippen LogP contribution in [0.4, 0.5) is 0 Å². The molecule has 1 aliphatic rings. The highest BCUT2D eigenvalue weighted by Crippen LogP contribution is 2.21. The van der Waals surface area contributed by atoms with Crippen molar-refractivity contribution in [3.8, 4) is 0 Å². The zero-order chi connectivity index (χ0) is 12.4. The molecular weight excluding hydrogens is 244 g/mol. The van der Waals surface area contributed by atoms with Crippen molar-refractivity contribution >= 4 is 22.8 Å². The first-order valence-corrected chi connectivity index (χ1v) is 7.32. The van der Waals surface area contributed by atoms with E-state index in [4.69, 9.17) is 0 Å². The first-order valence-electron chi connectivity index (χ1n) is 6.33. The van der Waals surface area contributed by atoms with Gasteiger partial charge in [-0.05, 0) is 24.6 Å². The molecular formula is C13H18N4S. The summed E-state index contributed by atoms with van der Waals surface area (Å²) in [6, 6.07) is 6.33. The van der Waals surface area contributed by atoms with Crippen LogP contribution in [-0.4, -0.2) is 46.9 Å². The zero-order valence-electron chi connectivity index (χ0n) is 10.6. The second-order valence-electron chi connectivity index (χ2n) is 4.70. The van der Waals surface area contributed by atoms with Gasteiger partial charge in [-0.25, -0.2) is 4.98 Å². The maximum absolute atomic E-state index is 4.60. The maximum atomic E-state index is 4.60. The zero-order valence-corrected chi connectivity index (χ0v) is 11.4. The SMILES string of the molecule is Cc1ccc2nc(SCN3CCNCC3)[nH]c2c1. The van der Waals surface area contributed by atoms with Crippen LogP contribution in [0, 0.1) is 6.92 Å². The smallest absolute Gasteiger partial charge is 0.167 e. The van der Waals surface area contributed by atoms with Crippen molar-refractivity contribution in [1.82, 2.24) is 20.2 Å². The van der Waals surface area contributed by atoms with Gasteiger partial charge in [0.2, 0.25) is 0 Å². The summed E-state index contributed by atoms with van der Waals surface area (Å²) in [7, 11) is 0. The predicted molar refractivity (Wildman–Crippen MR) is 76.0 cm³/mol. The van der Waals surface area contributed by atoms with Crippen LogP contribution in [-0.2, 0) is 0 Å². The summed E-state index contributed by atoms with van der Waals surface area (Å²) in [6.45, 7) is 6.56. The molecule has 1 saturated heterocycles. The molecule has 1 fully saturated rings. The van der Waals surface area contributed by atoms with Gasteiger partial charge in [0.1, 0.15) is 0 Å². The highest BCUT2D eigenvalue weighted by Gasteiger charge is 2.10. The maximum Gasteiger partial charge on any atom is 0.167 e. The number of aromatic amines is 1.